The van der Waals surface area contributed by atoms with E-state index in [2.05, 4.69) is 17.0 Å². The first kappa shape index (κ1) is 11.8. The fraction of sp³-hybridized carbons (Fsp3) is 0.462. The molecule has 1 aliphatic heterocycles. The van der Waals surface area contributed by atoms with Crippen LogP contribution in [0.3, 0.4) is 0 Å². The summed E-state index contributed by atoms with van der Waals surface area (Å²) in [5.74, 6) is 0. The molecule has 1 aromatic rings. The van der Waals surface area contributed by atoms with E-state index >= 15 is 0 Å². The van der Waals surface area contributed by atoms with Crippen LogP contribution in [-0.4, -0.2) is 56.1 Å². The van der Waals surface area contributed by atoms with Crippen LogP contribution >= 0.6 is 0 Å². The van der Waals surface area contributed by atoms with Crippen molar-refractivity contribution in [3.8, 4) is 0 Å². The van der Waals surface area contributed by atoms with Gasteiger partial charge in [0.15, 0.2) is 0 Å². The molecular weight excluding hydrogens is 214 g/mol. The van der Waals surface area contributed by atoms with Crippen LogP contribution in [0.4, 0.5) is 10.5 Å². The predicted octanol–water partition coefficient (Wildman–Crippen LogP) is 1.49. The molecule has 1 heterocycles. The Morgan fingerprint density at radius 2 is 1.65 bits per heavy atom. The van der Waals surface area contributed by atoms with Crippen LogP contribution in [-0.2, 0) is 0 Å². The zero-order chi connectivity index (χ0) is 12.3. The third-order valence-electron chi connectivity index (χ3n) is 3.05. The minimum Gasteiger partial charge on any atom is -0.368 e. The summed E-state index contributed by atoms with van der Waals surface area (Å²) in [7, 11) is 3.60. The minimum atomic E-state index is 0.109. The molecule has 0 atom stereocenters. The summed E-state index contributed by atoms with van der Waals surface area (Å²) < 4.78 is 0. The van der Waals surface area contributed by atoms with E-state index in [-0.39, 0.29) is 6.03 Å². The Morgan fingerprint density at radius 1 is 1.06 bits per heavy atom. The maximum Gasteiger partial charge on any atom is 0.319 e. The van der Waals surface area contributed by atoms with Crippen molar-refractivity contribution in [3.63, 3.8) is 0 Å². The quantitative estimate of drug-likeness (QED) is 0.735. The Kier molecular flexibility index (Phi) is 3.52. The summed E-state index contributed by atoms with van der Waals surface area (Å²) in [5, 5.41) is 0. The number of hydrogen-bond donors (Lipinski definition) is 0. The summed E-state index contributed by atoms with van der Waals surface area (Å²) in [4.78, 5) is 17.6. The predicted molar refractivity (Wildman–Crippen MR) is 69.3 cm³/mol. The second kappa shape index (κ2) is 5.08. The van der Waals surface area contributed by atoms with E-state index in [4.69, 9.17) is 0 Å². The molecule has 2 rings (SSSR count). The monoisotopic (exact) mass is 233 g/mol. The number of rotatable bonds is 1. The van der Waals surface area contributed by atoms with Crippen molar-refractivity contribution in [1.29, 1.82) is 0 Å². The van der Waals surface area contributed by atoms with Gasteiger partial charge in [-0.1, -0.05) is 18.2 Å². The maximum absolute atomic E-state index is 11.8. The van der Waals surface area contributed by atoms with Crippen molar-refractivity contribution < 1.29 is 4.79 Å². The average Bonchev–Trinajstić information content (AvgIpc) is 2.39. The molecule has 4 nitrogen and oxygen atoms in total. The van der Waals surface area contributed by atoms with E-state index in [1.54, 1.807) is 19.0 Å². The van der Waals surface area contributed by atoms with Gasteiger partial charge in [-0.2, -0.15) is 0 Å². The number of urea groups is 1. The summed E-state index contributed by atoms with van der Waals surface area (Å²) in [6, 6.07) is 10.5. The third-order valence-corrected chi connectivity index (χ3v) is 3.05. The minimum absolute atomic E-state index is 0.109. The largest absolute Gasteiger partial charge is 0.368 e. The Hall–Kier alpha value is -1.71. The van der Waals surface area contributed by atoms with Crippen LogP contribution in [0.15, 0.2) is 30.3 Å². The molecule has 1 aromatic carbocycles. The van der Waals surface area contributed by atoms with Gasteiger partial charge in [-0.25, -0.2) is 4.79 Å². The second-order valence-electron chi connectivity index (χ2n) is 4.49. The number of carbonyl (C=O) groups excluding carboxylic acids is 1. The zero-order valence-corrected chi connectivity index (χ0v) is 10.5. The highest BCUT2D eigenvalue weighted by Gasteiger charge is 2.21. The average molecular weight is 233 g/mol. The Balaban J connectivity index is 1.93. The highest BCUT2D eigenvalue weighted by atomic mass is 16.2. The third kappa shape index (κ3) is 2.70. The van der Waals surface area contributed by atoms with Gasteiger partial charge in [-0.05, 0) is 12.1 Å². The SMILES string of the molecule is CN(C)C(=O)N1CCN(c2ccccc2)CC1. The second-order valence-corrected chi connectivity index (χ2v) is 4.49. The van der Waals surface area contributed by atoms with Gasteiger partial charge >= 0.3 is 6.03 Å². The van der Waals surface area contributed by atoms with Gasteiger partial charge < -0.3 is 14.7 Å². The molecular formula is C13H19N3O. The van der Waals surface area contributed by atoms with Crippen LogP contribution in [0.25, 0.3) is 0 Å². The van der Waals surface area contributed by atoms with Crippen LogP contribution in [0.2, 0.25) is 0 Å². The van der Waals surface area contributed by atoms with Gasteiger partial charge in [-0.3, -0.25) is 0 Å². The van der Waals surface area contributed by atoms with Gasteiger partial charge in [0.1, 0.15) is 0 Å². The van der Waals surface area contributed by atoms with Crippen LogP contribution in [0.5, 0.6) is 0 Å². The molecule has 1 aliphatic rings. The summed E-state index contributed by atoms with van der Waals surface area (Å²) in [5.41, 5.74) is 1.24. The number of carbonyl (C=O) groups is 1. The Labute approximate surface area is 102 Å². The Morgan fingerprint density at radius 3 is 2.18 bits per heavy atom. The van der Waals surface area contributed by atoms with Gasteiger partial charge in [-0.15, -0.1) is 0 Å². The molecule has 0 aliphatic carbocycles. The number of benzene rings is 1. The van der Waals surface area contributed by atoms with E-state index < -0.39 is 0 Å². The van der Waals surface area contributed by atoms with E-state index in [1.807, 2.05) is 23.1 Å². The van der Waals surface area contributed by atoms with E-state index in [0.29, 0.717) is 0 Å². The van der Waals surface area contributed by atoms with Crippen LogP contribution in [0, 0.1) is 0 Å². The molecule has 1 saturated heterocycles. The lowest BCUT2D eigenvalue weighted by molar-refractivity contribution is 0.168. The number of amides is 2. The summed E-state index contributed by atoms with van der Waals surface area (Å²) >= 11 is 0. The molecule has 0 bridgehead atoms. The first-order valence-corrected chi connectivity index (χ1v) is 5.94. The normalized spacial score (nSPS) is 15.9. The van der Waals surface area contributed by atoms with Gasteiger partial charge in [0.2, 0.25) is 0 Å². The molecule has 4 heteroatoms. The van der Waals surface area contributed by atoms with Crippen molar-refractivity contribution in [1.82, 2.24) is 9.80 Å². The lowest BCUT2D eigenvalue weighted by Gasteiger charge is -2.37. The lowest BCUT2D eigenvalue weighted by Crippen LogP contribution is -2.51. The van der Waals surface area contributed by atoms with Crippen LogP contribution < -0.4 is 4.90 Å². The van der Waals surface area contributed by atoms with Crippen molar-refractivity contribution in [3.05, 3.63) is 30.3 Å². The number of para-hydroxylation sites is 1. The van der Waals surface area contributed by atoms with Gasteiger partial charge in [0, 0.05) is 46.0 Å². The summed E-state index contributed by atoms with van der Waals surface area (Å²) in [6.07, 6.45) is 0. The zero-order valence-electron chi connectivity index (χ0n) is 10.5. The number of piperazine rings is 1. The molecule has 17 heavy (non-hydrogen) atoms. The molecule has 2 amide bonds. The van der Waals surface area contributed by atoms with E-state index in [9.17, 15) is 4.79 Å². The molecule has 92 valence electrons. The van der Waals surface area contributed by atoms with Crippen molar-refractivity contribution in [2.45, 2.75) is 0 Å². The first-order valence-electron chi connectivity index (χ1n) is 5.94. The molecule has 0 N–H and O–H groups in total. The molecule has 0 saturated carbocycles. The van der Waals surface area contributed by atoms with Gasteiger partial charge in [0.25, 0.3) is 0 Å². The highest BCUT2D eigenvalue weighted by Crippen LogP contribution is 2.15. The first-order chi connectivity index (χ1) is 8.18. The van der Waals surface area contributed by atoms with Crippen molar-refractivity contribution in [2.24, 2.45) is 0 Å². The molecule has 0 unspecified atom stereocenters. The van der Waals surface area contributed by atoms with Crippen molar-refractivity contribution in [2.75, 3.05) is 45.2 Å². The number of anilines is 1. The van der Waals surface area contributed by atoms with Gasteiger partial charge in [0.05, 0.1) is 0 Å². The smallest absolute Gasteiger partial charge is 0.319 e. The molecule has 0 spiro atoms. The fourth-order valence-corrected chi connectivity index (χ4v) is 2.08. The van der Waals surface area contributed by atoms with E-state index in [0.717, 1.165) is 26.2 Å². The Bertz CT molecular complexity index is 370. The lowest BCUT2D eigenvalue weighted by atomic mass is 10.2. The summed E-state index contributed by atoms with van der Waals surface area (Å²) in [6.45, 7) is 3.41. The standard InChI is InChI=1S/C13H19N3O/c1-14(2)13(17)16-10-8-15(9-11-16)12-6-4-3-5-7-12/h3-7H,8-11H2,1-2H3. The molecule has 0 radical (unpaired) electrons. The topological polar surface area (TPSA) is 26.8 Å². The fourth-order valence-electron chi connectivity index (χ4n) is 2.08. The highest BCUT2D eigenvalue weighted by molar-refractivity contribution is 5.74. The molecule has 0 aromatic heterocycles. The maximum atomic E-state index is 11.8. The van der Waals surface area contributed by atoms with Crippen molar-refractivity contribution >= 4 is 11.7 Å². The molecule has 1 fully saturated rings. The van der Waals surface area contributed by atoms with E-state index in [1.165, 1.54) is 5.69 Å². The van der Waals surface area contributed by atoms with Crippen LogP contribution in [0.1, 0.15) is 0 Å². The number of hydrogen-bond acceptors (Lipinski definition) is 2. The number of nitrogens with zero attached hydrogens (tertiary/aromatic N) is 3.